The van der Waals surface area contributed by atoms with Crippen LogP contribution in [0, 0.1) is 0 Å². The Morgan fingerprint density at radius 3 is 2.18 bits per heavy atom. The first-order valence-electron chi connectivity index (χ1n) is 7.05. The quantitative estimate of drug-likeness (QED) is 0.731. The lowest BCUT2D eigenvalue weighted by atomic mass is 10.1. The third-order valence-electron chi connectivity index (χ3n) is 3.61. The number of carboxylic acid groups (broad SMARTS) is 1. The van der Waals surface area contributed by atoms with E-state index in [1.807, 2.05) is 0 Å². The Balaban J connectivity index is 1.84. The second-order valence-electron chi connectivity index (χ2n) is 5.18. The number of likely N-dealkylation sites (tertiary alicyclic amines) is 1. The third kappa shape index (κ3) is 4.05. The van der Waals surface area contributed by atoms with Gasteiger partial charge in [-0.1, -0.05) is 0 Å². The molecule has 0 unspecified atom stereocenters. The average Bonchev–Trinajstić information content (AvgIpc) is 2.53. The highest BCUT2D eigenvalue weighted by Crippen LogP contribution is 2.09. The minimum absolute atomic E-state index is 0.0968. The summed E-state index contributed by atoms with van der Waals surface area (Å²) in [5, 5.41) is 20.7. The van der Waals surface area contributed by atoms with E-state index in [9.17, 15) is 19.5 Å². The van der Waals surface area contributed by atoms with E-state index < -0.39 is 11.9 Å². The van der Waals surface area contributed by atoms with Crippen LogP contribution in [0.4, 0.5) is 0 Å². The Morgan fingerprint density at radius 1 is 1.09 bits per heavy atom. The number of carbonyl (C=O) groups is 3. The van der Waals surface area contributed by atoms with Crippen LogP contribution in [0.3, 0.4) is 0 Å². The Labute approximate surface area is 127 Å². The van der Waals surface area contributed by atoms with Crippen LogP contribution in [0.15, 0.2) is 24.3 Å². The average molecular weight is 306 g/mol. The van der Waals surface area contributed by atoms with Gasteiger partial charge in [0.25, 0.3) is 5.91 Å². The number of hydrogen-bond donors (Lipinski definition) is 3. The van der Waals surface area contributed by atoms with E-state index >= 15 is 0 Å². The van der Waals surface area contributed by atoms with E-state index in [0.29, 0.717) is 31.5 Å². The van der Waals surface area contributed by atoms with Crippen LogP contribution in [0.5, 0.6) is 0 Å². The first-order valence-corrected chi connectivity index (χ1v) is 7.05. The molecule has 2 amide bonds. The summed E-state index contributed by atoms with van der Waals surface area (Å²) in [5.41, 5.74) is 0.395. The van der Waals surface area contributed by atoms with Gasteiger partial charge < -0.3 is 20.4 Å². The molecule has 0 aromatic heterocycles. The fourth-order valence-electron chi connectivity index (χ4n) is 2.25. The molecule has 0 atom stereocenters. The zero-order valence-corrected chi connectivity index (χ0v) is 12.0. The molecule has 7 heteroatoms. The van der Waals surface area contributed by atoms with Crippen LogP contribution >= 0.6 is 0 Å². The Bertz CT molecular complexity index is 562. The molecule has 0 spiro atoms. The number of carbonyl (C=O) groups excluding carboxylic acids is 2. The summed E-state index contributed by atoms with van der Waals surface area (Å²) in [7, 11) is 0. The number of piperidine rings is 1. The molecule has 2 rings (SSSR count). The van der Waals surface area contributed by atoms with Gasteiger partial charge in [-0.25, -0.2) is 4.79 Å². The second-order valence-corrected chi connectivity index (χ2v) is 5.18. The molecule has 118 valence electrons. The van der Waals surface area contributed by atoms with Gasteiger partial charge in [-0.2, -0.15) is 0 Å². The van der Waals surface area contributed by atoms with Gasteiger partial charge in [-0.15, -0.1) is 0 Å². The summed E-state index contributed by atoms with van der Waals surface area (Å²) in [6.07, 6.45) is 0.749. The lowest BCUT2D eigenvalue weighted by Crippen LogP contribution is -2.45. The molecule has 1 aliphatic heterocycles. The highest BCUT2D eigenvalue weighted by molar-refractivity contribution is 5.97. The molecule has 1 fully saturated rings. The van der Waals surface area contributed by atoms with Gasteiger partial charge in [0, 0.05) is 18.7 Å². The Morgan fingerprint density at radius 2 is 1.64 bits per heavy atom. The molecule has 1 aliphatic rings. The Kier molecular flexibility index (Phi) is 5.11. The smallest absolute Gasteiger partial charge is 0.335 e. The van der Waals surface area contributed by atoms with Crippen LogP contribution in [0.1, 0.15) is 33.6 Å². The maximum atomic E-state index is 11.9. The molecule has 7 nitrogen and oxygen atoms in total. The lowest BCUT2D eigenvalue weighted by molar-refractivity contribution is -0.132. The molecule has 0 radical (unpaired) electrons. The van der Waals surface area contributed by atoms with Crippen molar-refractivity contribution < 1.29 is 24.6 Å². The predicted molar refractivity (Wildman–Crippen MR) is 77.6 cm³/mol. The summed E-state index contributed by atoms with van der Waals surface area (Å²) in [5.74, 6) is -1.68. The highest BCUT2D eigenvalue weighted by Gasteiger charge is 2.21. The molecule has 3 N–H and O–H groups in total. The molecule has 1 aromatic carbocycles. The molecule has 0 aliphatic carbocycles. The van der Waals surface area contributed by atoms with E-state index in [2.05, 4.69) is 5.32 Å². The third-order valence-corrected chi connectivity index (χ3v) is 3.61. The predicted octanol–water partition coefficient (Wildman–Crippen LogP) is 0.0979. The zero-order chi connectivity index (χ0) is 16.1. The summed E-state index contributed by atoms with van der Waals surface area (Å²) in [6.45, 7) is 0.863. The number of rotatable bonds is 4. The van der Waals surface area contributed by atoms with Gasteiger partial charge in [-0.05, 0) is 37.1 Å². The van der Waals surface area contributed by atoms with Gasteiger partial charge in [0.05, 0.1) is 18.2 Å². The van der Waals surface area contributed by atoms with Crippen LogP contribution < -0.4 is 5.32 Å². The number of aliphatic hydroxyl groups is 1. The number of nitrogens with one attached hydrogen (secondary N) is 1. The monoisotopic (exact) mass is 306 g/mol. The molecular weight excluding hydrogens is 288 g/mol. The standard InChI is InChI=1S/C15H18N2O5/c18-12-5-7-17(8-6-12)13(19)9-16-14(20)10-1-3-11(4-2-10)15(21)22/h1-4,12,18H,5-9H2,(H,16,20)(H,21,22). The molecule has 0 saturated carbocycles. The van der Waals surface area contributed by atoms with Crippen LogP contribution in [0.25, 0.3) is 0 Å². The maximum absolute atomic E-state index is 11.9. The SMILES string of the molecule is O=C(O)c1ccc(C(=O)NCC(=O)N2CCC(O)CC2)cc1. The van der Waals surface area contributed by atoms with Crippen molar-refractivity contribution in [2.75, 3.05) is 19.6 Å². The van der Waals surface area contributed by atoms with Gasteiger partial charge >= 0.3 is 5.97 Å². The Hall–Kier alpha value is -2.41. The summed E-state index contributed by atoms with van der Waals surface area (Å²) in [4.78, 5) is 36.2. The van der Waals surface area contributed by atoms with Crippen molar-refractivity contribution in [2.45, 2.75) is 18.9 Å². The van der Waals surface area contributed by atoms with Crippen molar-refractivity contribution >= 4 is 17.8 Å². The highest BCUT2D eigenvalue weighted by atomic mass is 16.4. The van der Waals surface area contributed by atoms with Gasteiger partial charge in [0.1, 0.15) is 0 Å². The zero-order valence-electron chi connectivity index (χ0n) is 12.0. The van der Waals surface area contributed by atoms with E-state index in [-0.39, 0.29) is 24.1 Å². The number of aromatic carboxylic acids is 1. The van der Waals surface area contributed by atoms with E-state index in [0.717, 1.165) is 0 Å². The van der Waals surface area contributed by atoms with E-state index in [1.54, 1.807) is 4.90 Å². The summed E-state index contributed by atoms with van der Waals surface area (Å²) >= 11 is 0. The molecule has 0 bridgehead atoms. The normalized spacial score (nSPS) is 15.4. The summed E-state index contributed by atoms with van der Waals surface area (Å²) < 4.78 is 0. The number of aliphatic hydroxyl groups excluding tert-OH is 1. The minimum Gasteiger partial charge on any atom is -0.478 e. The number of hydrogen-bond acceptors (Lipinski definition) is 4. The van der Waals surface area contributed by atoms with Gasteiger partial charge in [0.2, 0.25) is 5.91 Å². The molecule has 1 aromatic rings. The number of carboxylic acids is 1. The van der Waals surface area contributed by atoms with Crippen molar-refractivity contribution in [1.29, 1.82) is 0 Å². The van der Waals surface area contributed by atoms with Crippen molar-refractivity contribution in [3.63, 3.8) is 0 Å². The maximum Gasteiger partial charge on any atom is 0.335 e. The van der Waals surface area contributed by atoms with Crippen LogP contribution in [-0.2, 0) is 4.79 Å². The van der Waals surface area contributed by atoms with E-state index in [4.69, 9.17) is 5.11 Å². The first-order chi connectivity index (χ1) is 10.5. The number of amides is 2. The van der Waals surface area contributed by atoms with Crippen molar-refractivity contribution in [1.82, 2.24) is 10.2 Å². The molecule has 1 heterocycles. The van der Waals surface area contributed by atoms with Crippen molar-refractivity contribution in [3.05, 3.63) is 35.4 Å². The second kappa shape index (κ2) is 7.04. The van der Waals surface area contributed by atoms with Gasteiger partial charge in [0.15, 0.2) is 0 Å². The number of benzene rings is 1. The number of nitrogens with zero attached hydrogens (tertiary/aromatic N) is 1. The fourth-order valence-corrected chi connectivity index (χ4v) is 2.25. The van der Waals surface area contributed by atoms with E-state index in [1.165, 1.54) is 24.3 Å². The summed E-state index contributed by atoms with van der Waals surface area (Å²) in [6, 6.07) is 5.48. The largest absolute Gasteiger partial charge is 0.478 e. The van der Waals surface area contributed by atoms with Gasteiger partial charge in [-0.3, -0.25) is 9.59 Å². The molecule has 1 saturated heterocycles. The topological polar surface area (TPSA) is 107 Å². The minimum atomic E-state index is -1.06. The van der Waals surface area contributed by atoms with Crippen LogP contribution in [-0.4, -0.2) is 58.6 Å². The first kappa shape index (κ1) is 16.0. The fraction of sp³-hybridized carbons (Fsp3) is 0.400. The molecule has 22 heavy (non-hydrogen) atoms. The van der Waals surface area contributed by atoms with Crippen molar-refractivity contribution in [3.8, 4) is 0 Å². The van der Waals surface area contributed by atoms with Crippen LogP contribution in [0.2, 0.25) is 0 Å². The molecular formula is C15H18N2O5. The van der Waals surface area contributed by atoms with Crippen molar-refractivity contribution in [2.24, 2.45) is 0 Å². The lowest BCUT2D eigenvalue weighted by Gasteiger charge is -2.29.